The average molecular weight is 169 g/mol. The standard InChI is InChI=1S/C8H8FNS/c9-6-2-1-3-7-8(6)11-5-4-10-7/h1-3,10H,4-5H2. The second-order valence-electron chi connectivity index (χ2n) is 2.39. The smallest absolute Gasteiger partial charge is 0.138 e. The van der Waals surface area contributed by atoms with Gasteiger partial charge in [0, 0.05) is 12.3 Å². The van der Waals surface area contributed by atoms with Crippen LogP contribution in [0.3, 0.4) is 0 Å². The van der Waals surface area contributed by atoms with Crippen LogP contribution in [0.25, 0.3) is 0 Å². The molecule has 0 fully saturated rings. The Hall–Kier alpha value is -0.700. The quantitative estimate of drug-likeness (QED) is 0.639. The van der Waals surface area contributed by atoms with Crippen LogP contribution in [-0.2, 0) is 0 Å². The van der Waals surface area contributed by atoms with Crippen LogP contribution in [0.4, 0.5) is 10.1 Å². The van der Waals surface area contributed by atoms with Crippen LogP contribution in [-0.4, -0.2) is 12.3 Å². The monoisotopic (exact) mass is 169 g/mol. The lowest BCUT2D eigenvalue weighted by Crippen LogP contribution is -2.10. The Kier molecular flexibility index (Phi) is 1.74. The predicted octanol–water partition coefficient (Wildman–Crippen LogP) is 2.34. The molecule has 0 aromatic heterocycles. The molecule has 0 radical (unpaired) electrons. The summed E-state index contributed by atoms with van der Waals surface area (Å²) < 4.78 is 13.0. The van der Waals surface area contributed by atoms with Crippen molar-refractivity contribution in [2.45, 2.75) is 4.90 Å². The van der Waals surface area contributed by atoms with E-state index in [1.54, 1.807) is 17.8 Å². The van der Waals surface area contributed by atoms with Gasteiger partial charge in [0.2, 0.25) is 0 Å². The van der Waals surface area contributed by atoms with Crippen LogP contribution >= 0.6 is 11.8 Å². The minimum Gasteiger partial charge on any atom is -0.383 e. The Labute approximate surface area is 69.0 Å². The average Bonchev–Trinajstić information content (AvgIpc) is 2.06. The first-order valence-electron chi connectivity index (χ1n) is 3.53. The fourth-order valence-electron chi connectivity index (χ4n) is 1.13. The molecule has 0 amide bonds. The first-order valence-corrected chi connectivity index (χ1v) is 4.51. The van der Waals surface area contributed by atoms with Crippen LogP contribution in [0.5, 0.6) is 0 Å². The molecule has 0 spiro atoms. The van der Waals surface area contributed by atoms with E-state index in [2.05, 4.69) is 5.32 Å². The van der Waals surface area contributed by atoms with Crippen LogP contribution in [0.2, 0.25) is 0 Å². The molecule has 0 saturated heterocycles. The normalized spacial score (nSPS) is 15.4. The largest absolute Gasteiger partial charge is 0.383 e. The molecule has 11 heavy (non-hydrogen) atoms. The molecule has 3 heteroatoms. The molecule has 1 aliphatic heterocycles. The van der Waals surface area contributed by atoms with Crippen molar-refractivity contribution in [1.29, 1.82) is 0 Å². The number of fused-ring (bicyclic) bond motifs is 1. The van der Waals surface area contributed by atoms with Crippen molar-refractivity contribution in [3.8, 4) is 0 Å². The molecule has 0 aliphatic carbocycles. The highest BCUT2D eigenvalue weighted by atomic mass is 32.2. The Bertz CT molecular complexity index is 275. The predicted molar refractivity (Wildman–Crippen MR) is 45.6 cm³/mol. The summed E-state index contributed by atoms with van der Waals surface area (Å²) in [6.07, 6.45) is 0. The van der Waals surface area contributed by atoms with Crippen molar-refractivity contribution >= 4 is 17.4 Å². The number of thioether (sulfide) groups is 1. The highest BCUT2D eigenvalue weighted by Crippen LogP contribution is 2.32. The molecule has 2 rings (SSSR count). The van der Waals surface area contributed by atoms with Crippen LogP contribution in [0, 0.1) is 5.82 Å². The summed E-state index contributed by atoms with van der Waals surface area (Å²) in [5.74, 6) is 0.841. The van der Waals surface area contributed by atoms with Crippen LogP contribution in [0.15, 0.2) is 23.1 Å². The van der Waals surface area contributed by atoms with E-state index >= 15 is 0 Å². The summed E-state index contributed by atoms with van der Waals surface area (Å²) in [5.41, 5.74) is 0.932. The Balaban J connectivity index is 2.49. The number of hydrogen-bond acceptors (Lipinski definition) is 2. The van der Waals surface area contributed by atoms with Crippen molar-refractivity contribution in [1.82, 2.24) is 0 Å². The van der Waals surface area contributed by atoms with Crippen LogP contribution < -0.4 is 5.32 Å². The van der Waals surface area contributed by atoms with Gasteiger partial charge in [0.25, 0.3) is 0 Å². The number of rotatable bonds is 0. The van der Waals surface area contributed by atoms with Gasteiger partial charge in [0.1, 0.15) is 5.82 Å². The molecule has 0 unspecified atom stereocenters. The second-order valence-corrected chi connectivity index (χ2v) is 3.50. The molecule has 0 saturated carbocycles. The van der Waals surface area contributed by atoms with E-state index in [9.17, 15) is 4.39 Å². The lowest BCUT2D eigenvalue weighted by Gasteiger charge is -2.16. The topological polar surface area (TPSA) is 12.0 Å². The fraction of sp³-hybridized carbons (Fsp3) is 0.250. The Morgan fingerprint density at radius 3 is 3.18 bits per heavy atom. The summed E-state index contributed by atoms with van der Waals surface area (Å²) in [4.78, 5) is 0.763. The van der Waals surface area contributed by atoms with Gasteiger partial charge in [-0.2, -0.15) is 0 Å². The minimum atomic E-state index is -0.111. The number of anilines is 1. The van der Waals surface area contributed by atoms with Gasteiger partial charge in [-0.3, -0.25) is 0 Å². The molecule has 1 nitrogen and oxygen atoms in total. The maximum absolute atomic E-state index is 13.0. The highest BCUT2D eigenvalue weighted by molar-refractivity contribution is 7.99. The van der Waals surface area contributed by atoms with Gasteiger partial charge >= 0.3 is 0 Å². The minimum absolute atomic E-state index is 0.111. The zero-order chi connectivity index (χ0) is 7.68. The number of benzene rings is 1. The third-order valence-corrected chi connectivity index (χ3v) is 2.74. The lowest BCUT2D eigenvalue weighted by molar-refractivity contribution is 0.602. The van der Waals surface area contributed by atoms with E-state index in [-0.39, 0.29) is 5.82 Å². The van der Waals surface area contributed by atoms with Gasteiger partial charge in [-0.05, 0) is 12.1 Å². The maximum Gasteiger partial charge on any atom is 0.138 e. The zero-order valence-corrected chi connectivity index (χ0v) is 6.75. The first-order chi connectivity index (χ1) is 5.38. The summed E-state index contributed by atoms with van der Waals surface area (Å²) in [6.45, 7) is 0.932. The van der Waals surface area contributed by atoms with Gasteiger partial charge in [0.05, 0.1) is 10.6 Å². The molecule has 1 heterocycles. The zero-order valence-electron chi connectivity index (χ0n) is 5.93. The Morgan fingerprint density at radius 2 is 2.36 bits per heavy atom. The molecule has 1 aromatic rings. The van der Waals surface area contributed by atoms with E-state index in [4.69, 9.17) is 0 Å². The molecule has 58 valence electrons. The maximum atomic E-state index is 13.0. The molecule has 1 N–H and O–H groups in total. The second kappa shape index (κ2) is 2.74. The van der Waals surface area contributed by atoms with E-state index in [1.807, 2.05) is 6.07 Å². The van der Waals surface area contributed by atoms with Crippen molar-refractivity contribution in [2.24, 2.45) is 0 Å². The fourth-order valence-corrected chi connectivity index (χ4v) is 2.04. The van der Waals surface area contributed by atoms with Gasteiger partial charge in [-0.15, -0.1) is 11.8 Å². The summed E-state index contributed by atoms with van der Waals surface area (Å²) >= 11 is 1.58. The third-order valence-electron chi connectivity index (χ3n) is 1.63. The molecule has 0 bridgehead atoms. The van der Waals surface area contributed by atoms with Gasteiger partial charge < -0.3 is 5.32 Å². The third kappa shape index (κ3) is 1.20. The van der Waals surface area contributed by atoms with Gasteiger partial charge in [-0.25, -0.2) is 4.39 Å². The summed E-state index contributed by atoms with van der Waals surface area (Å²) in [7, 11) is 0. The van der Waals surface area contributed by atoms with Crippen molar-refractivity contribution in [2.75, 3.05) is 17.6 Å². The molecular weight excluding hydrogens is 161 g/mol. The van der Waals surface area contributed by atoms with E-state index in [0.29, 0.717) is 0 Å². The van der Waals surface area contributed by atoms with E-state index in [0.717, 1.165) is 22.9 Å². The van der Waals surface area contributed by atoms with Gasteiger partial charge in [-0.1, -0.05) is 6.07 Å². The first kappa shape index (κ1) is 6.98. The van der Waals surface area contributed by atoms with Crippen molar-refractivity contribution in [3.05, 3.63) is 24.0 Å². The number of hydrogen-bond donors (Lipinski definition) is 1. The SMILES string of the molecule is Fc1cccc2c1SCCN2. The molecule has 1 aromatic carbocycles. The molecular formula is C8H8FNS. The summed E-state index contributed by atoms with van der Waals surface area (Å²) in [6, 6.07) is 5.14. The molecule has 0 atom stereocenters. The van der Waals surface area contributed by atoms with Crippen molar-refractivity contribution in [3.63, 3.8) is 0 Å². The van der Waals surface area contributed by atoms with Crippen LogP contribution in [0.1, 0.15) is 0 Å². The Morgan fingerprint density at radius 1 is 1.45 bits per heavy atom. The highest BCUT2D eigenvalue weighted by Gasteiger charge is 2.11. The number of nitrogens with one attached hydrogen (secondary N) is 1. The van der Waals surface area contributed by atoms with Gasteiger partial charge in [0.15, 0.2) is 0 Å². The van der Waals surface area contributed by atoms with E-state index < -0.39 is 0 Å². The molecule has 1 aliphatic rings. The van der Waals surface area contributed by atoms with Crippen molar-refractivity contribution < 1.29 is 4.39 Å². The van der Waals surface area contributed by atoms with E-state index in [1.165, 1.54) is 6.07 Å². The number of halogens is 1. The summed E-state index contributed by atoms with van der Waals surface area (Å²) in [5, 5.41) is 3.14. The lowest BCUT2D eigenvalue weighted by atomic mass is 10.3.